The van der Waals surface area contributed by atoms with E-state index in [1.807, 2.05) is 0 Å². The van der Waals surface area contributed by atoms with E-state index in [0.29, 0.717) is 6.04 Å². The van der Waals surface area contributed by atoms with E-state index in [0.717, 1.165) is 32.6 Å². The minimum absolute atomic E-state index is 0.0312. The number of aliphatic hydroxyl groups excluding tert-OH is 1. The van der Waals surface area contributed by atoms with Gasteiger partial charge in [-0.2, -0.15) is 0 Å². The molecule has 0 bridgehead atoms. The highest BCUT2D eigenvalue weighted by atomic mass is 16.5. The molecular formula is C12H25NO2. The molecule has 0 aromatic rings. The molecular weight excluding hydrogens is 190 g/mol. The molecule has 2 unspecified atom stereocenters. The van der Waals surface area contributed by atoms with Crippen LogP contribution in [0.15, 0.2) is 0 Å². The number of nitrogens with one attached hydrogen (secondary N) is 1. The van der Waals surface area contributed by atoms with Crippen molar-refractivity contribution in [1.29, 1.82) is 0 Å². The van der Waals surface area contributed by atoms with Gasteiger partial charge in [-0.1, -0.05) is 27.2 Å². The van der Waals surface area contributed by atoms with Crippen molar-refractivity contribution in [2.24, 2.45) is 5.41 Å². The molecule has 2 atom stereocenters. The first-order valence-corrected chi connectivity index (χ1v) is 6.08. The summed E-state index contributed by atoms with van der Waals surface area (Å²) in [7, 11) is 0. The zero-order valence-electron chi connectivity index (χ0n) is 10.3. The summed E-state index contributed by atoms with van der Waals surface area (Å²) in [6, 6.07) is 0.447. The van der Waals surface area contributed by atoms with E-state index in [-0.39, 0.29) is 11.5 Å². The van der Waals surface area contributed by atoms with E-state index in [9.17, 15) is 5.11 Å². The maximum Gasteiger partial charge on any atom is 0.0621 e. The summed E-state index contributed by atoms with van der Waals surface area (Å²) in [4.78, 5) is 0. The molecule has 0 amide bonds. The van der Waals surface area contributed by atoms with Gasteiger partial charge in [0.15, 0.2) is 0 Å². The van der Waals surface area contributed by atoms with Crippen LogP contribution in [0.5, 0.6) is 0 Å². The fourth-order valence-corrected chi connectivity index (χ4v) is 1.90. The quantitative estimate of drug-likeness (QED) is 0.633. The highest BCUT2D eigenvalue weighted by Gasteiger charge is 2.46. The predicted molar refractivity (Wildman–Crippen MR) is 61.9 cm³/mol. The first kappa shape index (κ1) is 12.9. The summed E-state index contributed by atoms with van der Waals surface area (Å²) in [5.41, 5.74) is 0.0312. The maximum atomic E-state index is 9.55. The third kappa shape index (κ3) is 3.44. The zero-order valence-corrected chi connectivity index (χ0v) is 10.3. The zero-order chi connectivity index (χ0) is 11.3. The molecule has 3 nitrogen and oxygen atoms in total. The Morgan fingerprint density at radius 2 is 2.13 bits per heavy atom. The Hall–Kier alpha value is -0.120. The predicted octanol–water partition coefficient (Wildman–Crippen LogP) is 1.55. The smallest absolute Gasteiger partial charge is 0.0621 e. The first-order valence-electron chi connectivity index (χ1n) is 6.08. The molecule has 15 heavy (non-hydrogen) atoms. The van der Waals surface area contributed by atoms with Gasteiger partial charge in [0, 0.05) is 24.6 Å². The van der Waals surface area contributed by atoms with Gasteiger partial charge in [0.05, 0.1) is 12.7 Å². The molecule has 2 N–H and O–H groups in total. The summed E-state index contributed by atoms with van der Waals surface area (Å²) in [5.74, 6) is 0. The number of unbranched alkanes of at least 4 members (excludes halogenated alkanes) is 1. The third-order valence-corrected chi connectivity index (χ3v) is 3.50. The Bertz CT molecular complexity index is 182. The SMILES string of the molecule is CCCCOCCNC1CC(O)C1(C)C. The number of rotatable bonds is 7. The standard InChI is InChI=1S/C12H25NO2/c1-4-5-7-15-8-6-13-10-9-11(14)12(10,2)3/h10-11,13-14H,4-9H2,1-3H3. The van der Waals surface area contributed by atoms with E-state index >= 15 is 0 Å². The molecule has 1 aliphatic carbocycles. The number of aliphatic hydroxyl groups is 1. The highest BCUT2D eigenvalue weighted by molar-refractivity contribution is 5.01. The molecule has 0 aromatic heterocycles. The van der Waals surface area contributed by atoms with Crippen molar-refractivity contribution in [3.8, 4) is 0 Å². The van der Waals surface area contributed by atoms with Crippen molar-refractivity contribution in [2.45, 2.75) is 52.2 Å². The lowest BCUT2D eigenvalue weighted by Gasteiger charge is -2.49. The summed E-state index contributed by atoms with van der Waals surface area (Å²) in [6.07, 6.45) is 3.07. The molecule has 1 aliphatic rings. The topological polar surface area (TPSA) is 41.5 Å². The lowest BCUT2D eigenvalue weighted by molar-refractivity contribution is -0.0737. The van der Waals surface area contributed by atoms with E-state index in [1.54, 1.807) is 0 Å². The second-order valence-corrected chi connectivity index (χ2v) is 5.05. The second-order valence-electron chi connectivity index (χ2n) is 5.05. The van der Waals surface area contributed by atoms with Gasteiger partial charge in [-0.15, -0.1) is 0 Å². The Morgan fingerprint density at radius 1 is 1.40 bits per heavy atom. The van der Waals surface area contributed by atoms with Crippen molar-refractivity contribution in [3.63, 3.8) is 0 Å². The van der Waals surface area contributed by atoms with Crippen LogP contribution >= 0.6 is 0 Å². The van der Waals surface area contributed by atoms with Crippen molar-refractivity contribution in [3.05, 3.63) is 0 Å². The molecule has 90 valence electrons. The fraction of sp³-hybridized carbons (Fsp3) is 1.00. The minimum Gasteiger partial charge on any atom is -0.392 e. The lowest BCUT2D eigenvalue weighted by atomic mass is 9.64. The molecule has 0 heterocycles. The normalized spacial score (nSPS) is 28.8. The average molecular weight is 215 g/mol. The monoisotopic (exact) mass is 215 g/mol. The lowest BCUT2D eigenvalue weighted by Crippen LogP contribution is -2.60. The fourth-order valence-electron chi connectivity index (χ4n) is 1.90. The van der Waals surface area contributed by atoms with E-state index in [1.165, 1.54) is 6.42 Å². The van der Waals surface area contributed by atoms with Crippen LogP contribution in [0, 0.1) is 5.41 Å². The van der Waals surface area contributed by atoms with Crippen LogP contribution in [0.2, 0.25) is 0 Å². The van der Waals surface area contributed by atoms with Crippen LogP contribution in [0.1, 0.15) is 40.0 Å². The molecule has 3 heteroatoms. The van der Waals surface area contributed by atoms with Crippen LogP contribution < -0.4 is 5.32 Å². The summed E-state index contributed by atoms with van der Waals surface area (Å²) < 4.78 is 5.46. The van der Waals surface area contributed by atoms with Gasteiger partial charge in [-0.05, 0) is 12.8 Å². The van der Waals surface area contributed by atoms with Crippen LogP contribution in [0.4, 0.5) is 0 Å². The molecule has 1 saturated carbocycles. The number of ether oxygens (including phenoxy) is 1. The van der Waals surface area contributed by atoms with E-state index in [4.69, 9.17) is 4.74 Å². The largest absolute Gasteiger partial charge is 0.392 e. The van der Waals surface area contributed by atoms with Crippen molar-refractivity contribution < 1.29 is 9.84 Å². The van der Waals surface area contributed by atoms with Gasteiger partial charge in [-0.25, -0.2) is 0 Å². The summed E-state index contributed by atoms with van der Waals surface area (Å²) >= 11 is 0. The van der Waals surface area contributed by atoms with Crippen molar-refractivity contribution in [2.75, 3.05) is 19.8 Å². The Morgan fingerprint density at radius 3 is 2.67 bits per heavy atom. The van der Waals surface area contributed by atoms with Crippen molar-refractivity contribution >= 4 is 0 Å². The Kier molecular flexibility index (Phi) is 5.03. The average Bonchev–Trinajstić information content (AvgIpc) is 2.21. The number of hydrogen-bond donors (Lipinski definition) is 2. The molecule has 0 spiro atoms. The molecule has 0 aliphatic heterocycles. The summed E-state index contributed by atoms with van der Waals surface area (Å²) in [5, 5.41) is 13.0. The summed E-state index contributed by atoms with van der Waals surface area (Å²) in [6.45, 7) is 8.93. The van der Waals surface area contributed by atoms with Crippen molar-refractivity contribution in [1.82, 2.24) is 5.32 Å². The molecule has 1 fully saturated rings. The van der Waals surface area contributed by atoms with Gasteiger partial charge >= 0.3 is 0 Å². The van der Waals surface area contributed by atoms with Gasteiger partial charge in [0.1, 0.15) is 0 Å². The highest BCUT2D eigenvalue weighted by Crippen LogP contribution is 2.40. The molecule has 0 saturated heterocycles. The van der Waals surface area contributed by atoms with Crippen LogP contribution in [-0.4, -0.2) is 37.0 Å². The number of hydrogen-bond acceptors (Lipinski definition) is 3. The molecule has 0 aromatic carbocycles. The van der Waals surface area contributed by atoms with Gasteiger partial charge in [0.2, 0.25) is 0 Å². The van der Waals surface area contributed by atoms with Crippen LogP contribution in [-0.2, 0) is 4.74 Å². The first-order chi connectivity index (χ1) is 7.09. The third-order valence-electron chi connectivity index (χ3n) is 3.50. The van der Waals surface area contributed by atoms with E-state index < -0.39 is 0 Å². The molecule has 1 rings (SSSR count). The van der Waals surface area contributed by atoms with E-state index in [2.05, 4.69) is 26.1 Å². The maximum absolute atomic E-state index is 9.55. The van der Waals surface area contributed by atoms with Gasteiger partial charge < -0.3 is 15.2 Å². The Balaban J connectivity index is 1.97. The second kappa shape index (κ2) is 5.83. The van der Waals surface area contributed by atoms with Gasteiger partial charge in [0.25, 0.3) is 0 Å². The van der Waals surface area contributed by atoms with Crippen LogP contribution in [0.25, 0.3) is 0 Å². The minimum atomic E-state index is -0.143. The Labute approximate surface area is 93.2 Å². The van der Waals surface area contributed by atoms with Crippen LogP contribution in [0.3, 0.4) is 0 Å². The molecule has 0 radical (unpaired) electrons. The van der Waals surface area contributed by atoms with Gasteiger partial charge in [-0.3, -0.25) is 0 Å².